The van der Waals surface area contributed by atoms with Gasteiger partial charge in [0.1, 0.15) is 0 Å². The fourth-order valence-electron chi connectivity index (χ4n) is 0.756. The molecule has 0 aliphatic heterocycles. The fraction of sp³-hybridized carbons (Fsp3) is 0.571. The molecule has 0 unspecified atom stereocenters. The van der Waals surface area contributed by atoms with Crippen LogP contribution in [0.5, 0.6) is 0 Å². The highest BCUT2D eigenvalue weighted by Gasteiger charge is 1.89. The molecule has 0 amide bonds. The summed E-state index contributed by atoms with van der Waals surface area (Å²) in [6.07, 6.45) is 5.52. The van der Waals surface area contributed by atoms with Crippen LogP contribution in [-0.4, -0.2) is 32.8 Å². The Balaban J connectivity index is 2.04. The van der Waals surface area contributed by atoms with E-state index < -0.39 is 0 Å². The third-order valence-electron chi connectivity index (χ3n) is 1.29. The van der Waals surface area contributed by atoms with Crippen LogP contribution in [0.3, 0.4) is 0 Å². The van der Waals surface area contributed by atoms with Crippen LogP contribution in [0.1, 0.15) is 0 Å². The van der Waals surface area contributed by atoms with E-state index in [2.05, 4.69) is 4.98 Å². The number of aromatic nitrogens is 2. The molecule has 62 valence electrons. The molecule has 1 heterocycles. The van der Waals surface area contributed by atoms with Gasteiger partial charge in [-0.25, -0.2) is 4.98 Å². The quantitative estimate of drug-likeness (QED) is 0.661. The van der Waals surface area contributed by atoms with Crippen molar-refractivity contribution in [3.05, 3.63) is 18.7 Å². The zero-order valence-electron chi connectivity index (χ0n) is 6.31. The molecule has 0 aliphatic rings. The van der Waals surface area contributed by atoms with Gasteiger partial charge >= 0.3 is 0 Å². The van der Waals surface area contributed by atoms with Crippen molar-refractivity contribution in [2.45, 2.75) is 6.54 Å². The van der Waals surface area contributed by atoms with Crippen LogP contribution < -0.4 is 0 Å². The van der Waals surface area contributed by atoms with Crippen molar-refractivity contribution in [2.75, 3.05) is 18.1 Å². The summed E-state index contributed by atoms with van der Waals surface area (Å²) in [6, 6.07) is 0. The second-order valence-electron chi connectivity index (χ2n) is 2.14. The molecule has 0 saturated carbocycles. The van der Waals surface area contributed by atoms with Crippen LogP contribution in [0.4, 0.5) is 0 Å². The van der Waals surface area contributed by atoms with Gasteiger partial charge in [-0.3, -0.25) is 0 Å². The van der Waals surface area contributed by atoms with Gasteiger partial charge in [0.15, 0.2) is 0 Å². The van der Waals surface area contributed by atoms with Gasteiger partial charge in [-0.1, -0.05) is 0 Å². The summed E-state index contributed by atoms with van der Waals surface area (Å²) in [5.74, 6) is 1.87. The maximum atomic E-state index is 8.48. The van der Waals surface area contributed by atoms with E-state index in [4.69, 9.17) is 5.11 Å². The van der Waals surface area contributed by atoms with Crippen LogP contribution in [0.2, 0.25) is 0 Å². The number of aliphatic hydroxyl groups excluding tert-OH is 1. The molecular weight excluding hydrogens is 160 g/mol. The number of aliphatic hydroxyl groups is 1. The molecule has 0 aliphatic carbocycles. The highest BCUT2D eigenvalue weighted by Crippen LogP contribution is 1.99. The number of rotatable bonds is 5. The van der Waals surface area contributed by atoms with Crippen LogP contribution in [0.25, 0.3) is 0 Å². The van der Waals surface area contributed by atoms with Crippen molar-refractivity contribution in [1.29, 1.82) is 0 Å². The SMILES string of the molecule is OCCSCCn1ccnc1. The predicted molar refractivity (Wildman–Crippen MR) is 46.6 cm³/mol. The smallest absolute Gasteiger partial charge is 0.0946 e. The molecule has 0 spiro atoms. The minimum Gasteiger partial charge on any atom is -0.396 e. The lowest BCUT2D eigenvalue weighted by atomic mass is 10.7. The Hall–Kier alpha value is -0.480. The molecule has 1 aromatic rings. The summed E-state index contributed by atoms with van der Waals surface area (Å²) >= 11 is 1.75. The number of aryl methyl sites for hydroxylation is 1. The van der Waals surface area contributed by atoms with Crippen molar-refractivity contribution >= 4 is 11.8 Å². The number of hydrogen-bond acceptors (Lipinski definition) is 3. The number of nitrogens with zero attached hydrogens (tertiary/aromatic N) is 2. The molecule has 1 N–H and O–H groups in total. The van der Waals surface area contributed by atoms with Crippen molar-refractivity contribution in [3.8, 4) is 0 Å². The molecule has 0 atom stereocenters. The van der Waals surface area contributed by atoms with Crippen molar-refractivity contribution in [1.82, 2.24) is 9.55 Å². The molecule has 4 heteroatoms. The molecule has 0 aromatic carbocycles. The molecular formula is C7H12N2OS. The summed E-state index contributed by atoms with van der Waals surface area (Å²) in [4.78, 5) is 3.93. The number of hydrogen-bond donors (Lipinski definition) is 1. The van der Waals surface area contributed by atoms with E-state index in [1.807, 2.05) is 10.8 Å². The van der Waals surface area contributed by atoms with E-state index in [1.165, 1.54) is 0 Å². The Morgan fingerprint density at radius 1 is 1.45 bits per heavy atom. The standard InChI is InChI=1S/C7H12N2OS/c10-4-6-11-5-3-9-2-1-8-7-9/h1-2,7,10H,3-6H2. The number of thioether (sulfide) groups is 1. The zero-order chi connectivity index (χ0) is 7.94. The molecule has 0 bridgehead atoms. The Kier molecular flexibility index (Phi) is 4.08. The summed E-state index contributed by atoms with van der Waals surface area (Å²) in [7, 11) is 0. The third-order valence-corrected chi connectivity index (χ3v) is 2.23. The second kappa shape index (κ2) is 5.21. The summed E-state index contributed by atoms with van der Waals surface area (Å²) in [5.41, 5.74) is 0. The van der Waals surface area contributed by atoms with Crippen molar-refractivity contribution < 1.29 is 5.11 Å². The molecule has 1 rings (SSSR count). The van der Waals surface area contributed by atoms with E-state index in [0.717, 1.165) is 18.1 Å². The van der Waals surface area contributed by atoms with Gasteiger partial charge in [-0.15, -0.1) is 0 Å². The Bertz CT molecular complexity index is 177. The minimum absolute atomic E-state index is 0.272. The van der Waals surface area contributed by atoms with E-state index in [0.29, 0.717) is 0 Å². The minimum atomic E-state index is 0.272. The topological polar surface area (TPSA) is 38.0 Å². The normalized spacial score (nSPS) is 10.3. The molecule has 11 heavy (non-hydrogen) atoms. The largest absolute Gasteiger partial charge is 0.396 e. The molecule has 1 aromatic heterocycles. The zero-order valence-corrected chi connectivity index (χ0v) is 7.13. The first-order chi connectivity index (χ1) is 5.43. The van der Waals surface area contributed by atoms with Crippen LogP contribution in [0, 0.1) is 0 Å². The van der Waals surface area contributed by atoms with Gasteiger partial charge in [0, 0.05) is 30.4 Å². The lowest BCUT2D eigenvalue weighted by molar-refractivity contribution is 0.322. The lowest BCUT2D eigenvalue weighted by Crippen LogP contribution is -1.98. The van der Waals surface area contributed by atoms with E-state index in [9.17, 15) is 0 Å². The first-order valence-electron chi connectivity index (χ1n) is 3.58. The van der Waals surface area contributed by atoms with Crippen LogP contribution in [-0.2, 0) is 6.54 Å². The van der Waals surface area contributed by atoms with Gasteiger partial charge in [0.05, 0.1) is 12.9 Å². The number of imidazole rings is 1. The maximum Gasteiger partial charge on any atom is 0.0946 e. The van der Waals surface area contributed by atoms with Gasteiger partial charge in [-0.2, -0.15) is 11.8 Å². The van der Waals surface area contributed by atoms with Gasteiger partial charge in [0.25, 0.3) is 0 Å². The van der Waals surface area contributed by atoms with E-state index in [1.54, 1.807) is 24.3 Å². The average Bonchev–Trinajstić information content (AvgIpc) is 2.50. The lowest BCUT2D eigenvalue weighted by Gasteiger charge is -1.99. The van der Waals surface area contributed by atoms with E-state index >= 15 is 0 Å². The molecule has 0 saturated heterocycles. The summed E-state index contributed by atoms with van der Waals surface area (Å²) in [5, 5.41) is 8.48. The maximum absolute atomic E-state index is 8.48. The highest BCUT2D eigenvalue weighted by molar-refractivity contribution is 7.99. The first kappa shape index (κ1) is 8.62. The van der Waals surface area contributed by atoms with Gasteiger partial charge in [-0.05, 0) is 0 Å². The van der Waals surface area contributed by atoms with E-state index in [-0.39, 0.29) is 6.61 Å². The van der Waals surface area contributed by atoms with Crippen LogP contribution in [0.15, 0.2) is 18.7 Å². The molecule has 3 nitrogen and oxygen atoms in total. The second-order valence-corrected chi connectivity index (χ2v) is 3.36. The van der Waals surface area contributed by atoms with Gasteiger partial charge < -0.3 is 9.67 Å². The Morgan fingerprint density at radius 2 is 2.36 bits per heavy atom. The van der Waals surface area contributed by atoms with Gasteiger partial charge in [0.2, 0.25) is 0 Å². The summed E-state index contributed by atoms with van der Waals surface area (Å²) in [6.45, 7) is 1.25. The molecule has 0 radical (unpaired) electrons. The fourth-order valence-corrected chi connectivity index (χ4v) is 1.43. The highest BCUT2D eigenvalue weighted by atomic mass is 32.2. The predicted octanol–water partition coefficient (Wildman–Crippen LogP) is 0.609. The molecule has 0 fully saturated rings. The monoisotopic (exact) mass is 172 g/mol. The van der Waals surface area contributed by atoms with Crippen molar-refractivity contribution in [2.24, 2.45) is 0 Å². The summed E-state index contributed by atoms with van der Waals surface area (Å²) < 4.78 is 2.03. The first-order valence-corrected chi connectivity index (χ1v) is 4.73. The third kappa shape index (κ3) is 3.43. The average molecular weight is 172 g/mol. The Labute approximate surface area is 70.4 Å². The van der Waals surface area contributed by atoms with Crippen molar-refractivity contribution in [3.63, 3.8) is 0 Å². The van der Waals surface area contributed by atoms with Crippen LogP contribution >= 0.6 is 11.8 Å². The Morgan fingerprint density at radius 3 is 3.00 bits per heavy atom.